The highest BCUT2D eigenvalue weighted by atomic mass is 79.9. The number of pyridine rings is 1. The summed E-state index contributed by atoms with van der Waals surface area (Å²) >= 11 is 3.66. The first-order valence-corrected chi connectivity index (χ1v) is 10.9. The zero-order valence-corrected chi connectivity index (χ0v) is 18.1. The van der Waals surface area contributed by atoms with E-state index in [1.54, 1.807) is 0 Å². The van der Waals surface area contributed by atoms with Crippen LogP contribution >= 0.6 is 15.9 Å². The quantitative estimate of drug-likeness (QED) is 0.556. The van der Waals surface area contributed by atoms with Crippen molar-refractivity contribution in [2.24, 2.45) is 10.9 Å². The predicted octanol–water partition coefficient (Wildman–Crippen LogP) is 5.08. The largest absolute Gasteiger partial charge is 0.380 e. The van der Waals surface area contributed by atoms with Crippen molar-refractivity contribution in [1.82, 2.24) is 14.5 Å². The van der Waals surface area contributed by atoms with Gasteiger partial charge in [-0.3, -0.25) is 14.5 Å². The van der Waals surface area contributed by atoms with Gasteiger partial charge in [-0.05, 0) is 36.2 Å². The maximum absolute atomic E-state index is 5.49. The number of benzene rings is 1. The maximum Gasteiger partial charge on any atom is 0.138 e. The highest BCUT2D eigenvalue weighted by Gasteiger charge is 2.34. The zero-order chi connectivity index (χ0) is 20.0. The number of rotatable bonds is 4. The van der Waals surface area contributed by atoms with Crippen LogP contribution in [0.1, 0.15) is 55.0 Å². The van der Waals surface area contributed by atoms with Gasteiger partial charge in [0.2, 0.25) is 0 Å². The van der Waals surface area contributed by atoms with Gasteiger partial charge in [-0.2, -0.15) is 0 Å². The summed E-state index contributed by atoms with van der Waals surface area (Å²) < 4.78 is 8.84. The molecular formula is C23H23BrN4O. The number of nitrogens with zero attached hydrogens (tertiary/aromatic N) is 4. The Hall–Kier alpha value is -2.31. The molecule has 6 heteroatoms. The molecule has 0 amide bonds. The first-order valence-electron chi connectivity index (χ1n) is 10.1. The van der Waals surface area contributed by atoms with E-state index in [4.69, 9.17) is 14.7 Å². The average molecular weight is 451 g/mol. The molecule has 148 valence electrons. The highest BCUT2D eigenvalue weighted by molar-refractivity contribution is 9.10. The van der Waals surface area contributed by atoms with Crippen LogP contribution < -0.4 is 0 Å². The third kappa shape index (κ3) is 3.15. The topological polar surface area (TPSA) is 52.3 Å². The van der Waals surface area contributed by atoms with Crippen molar-refractivity contribution in [1.29, 1.82) is 0 Å². The van der Waals surface area contributed by atoms with Gasteiger partial charge in [0.15, 0.2) is 0 Å². The summed E-state index contributed by atoms with van der Waals surface area (Å²) in [4.78, 5) is 14.8. The number of ether oxygens (including phenoxy) is 1. The minimum Gasteiger partial charge on any atom is -0.380 e. The fourth-order valence-corrected chi connectivity index (χ4v) is 4.38. The third-order valence-electron chi connectivity index (χ3n) is 5.95. The molecule has 1 aromatic carbocycles. The van der Waals surface area contributed by atoms with Gasteiger partial charge < -0.3 is 4.74 Å². The van der Waals surface area contributed by atoms with E-state index in [2.05, 4.69) is 57.5 Å². The van der Waals surface area contributed by atoms with Gasteiger partial charge in [0.05, 0.1) is 36.0 Å². The van der Waals surface area contributed by atoms with Crippen LogP contribution in [0.4, 0.5) is 0 Å². The summed E-state index contributed by atoms with van der Waals surface area (Å²) in [6.45, 7) is 5.96. The van der Waals surface area contributed by atoms with E-state index in [9.17, 15) is 0 Å². The van der Waals surface area contributed by atoms with Crippen LogP contribution in [0.3, 0.4) is 0 Å². The Morgan fingerprint density at radius 2 is 2.07 bits per heavy atom. The Kier molecular flexibility index (Phi) is 4.84. The van der Waals surface area contributed by atoms with E-state index in [0.717, 1.165) is 52.6 Å². The molecule has 0 spiro atoms. The zero-order valence-electron chi connectivity index (χ0n) is 16.5. The minimum atomic E-state index is -0.0297. The summed E-state index contributed by atoms with van der Waals surface area (Å²) in [5.41, 5.74) is 5.20. The number of fused-ring (bicyclic) bond motifs is 3. The molecular weight excluding hydrogens is 428 g/mol. The lowest BCUT2D eigenvalue weighted by molar-refractivity contribution is 0.00599. The molecule has 0 saturated carbocycles. The molecule has 0 radical (unpaired) electrons. The van der Waals surface area contributed by atoms with E-state index in [0.29, 0.717) is 11.8 Å². The van der Waals surface area contributed by atoms with Crippen molar-refractivity contribution < 1.29 is 4.74 Å². The molecule has 5 rings (SSSR count). The molecule has 0 N–H and O–H groups in total. The molecule has 4 heterocycles. The summed E-state index contributed by atoms with van der Waals surface area (Å²) in [5.74, 6) is 1.75. The second-order valence-electron chi connectivity index (χ2n) is 7.80. The van der Waals surface area contributed by atoms with Crippen molar-refractivity contribution in [2.45, 2.75) is 32.2 Å². The van der Waals surface area contributed by atoms with Crippen molar-refractivity contribution in [3.8, 4) is 5.69 Å². The van der Waals surface area contributed by atoms with Crippen molar-refractivity contribution in [3.63, 3.8) is 0 Å². The molecule has 1 unspecified atom stereocenters. The van der Waals surface area contributed by atoms with Gasteiger partial charge in [0.1, 0.15) is 11.9 Å². The Balaban J connectivity index is 1.80. The number of aliphatic imine (C=N–C) groups is 1. The predicted molar refractivity (Wildman–Crippen MR) is 117 cm³/mol. The van der Waals surface area contributed by atoms with Crippen molar-refractivity contribution in [2.75, 3.05) is 13.2 Å². The van der Waals surface area contributed by atoms with Crippen molar-refractivity contribution in [3.05, 3.63) is 76.0 Å². The average Bonchev–Trinajstić information content (AvgIpc) is 3.05. The van der Waals surface area contributed by atoms with Crippen LogP contribution in [0.15, 0.2) is 58.3 Å². The molecule has 5 nitrogen and oxygen atoms in total. The third-order valence-corrected chi connectivity index (χ3v) is 6.44. The summed E-state index contributed by atoms with van der Waals surface area (Å²) in [7, 11) is 0. The summed E-state index contributed by atoms with van der Waals surface area (Å²) in [5, 5.41) is 0. The molecule has 2 aromatic heterocycles. The fourth-order valence-electron chi connectivity index (χ4n) is 4.02. The van der Waals surface area contributed by atoms with Gasteiger partial charge in [-0.25, -0.2) is 4.98 Å². The molecule has 1 saturated heterocycles. The van der Waals surface area contributed by atoms with E-state index in [-0.39, 0.29) is 6.04 Å². The van der Waals surface area contributed by atoms with E-state index in [1.165, 1.54) is 5.69 Å². The Morgan fingerprint density at radius 1 is 1.21 bits per heavy atom. The first-order chi connectivity index (χ1) is 14.2. The minimum absolute atomic E-state index is 0.0297. The molecule has 1 fully saturated rings. The van der Waals surface area contributed by atoms with E-state index in [1.807, 2.05) is 30.6 Å². The Bertz CT molecular complexity index is 1070. The molecule has 3 aromatic rings. The van der Waals surface area contributed by atoms with E-state index < -0.39 is 0 Å². The smallest absolute Gasteiger partial charge is 0.138 e. The first kappa shape index (κ1) is 18.7. The lowest BCUT2D eigenvalue weighted by Gasteiger charge is -2.28. The molecule has 0 aliphatic carbocycles. The molecule has 2 atom stereocenters. The number of hydrogen-bond acceptors (Lipinski definition) is 4. The van der Waals surface area contributed by atoms with Crippen LogP contribution in [0.5, 0.6) is 0 Å². The van der Waals surface area contributed by atoms with Crippen LogP contribution in [-0.4, -0.2) is 33.5 Å². The second-order valence-corrected chi connectivity index (χ2v) is 8.71. The highest BCUT2D eigenvalue weighted by Crippen LogP contribution is 2.39. The fraction of sp³-hybridized carbons (Fsp3) is 0.348. The standard InChI is InChI=1S/C23H23BrN4O/c1-3-14(2)21-23-26-11-20(15-12-29-13-15)28(23)19-8-7-16(24)10-17(19)22(27-21)18-6-4-5-9-25-18/h4-11,14-15,21H,3,12-13H2,1-2H3/t14-,21?/m0/s1. The van der Waals surface area contributed by atoms with Gasteiger partial charge in [0, 0.05) is 28.3 Å². The van der Waals surface area contributed by atoms with Gasteiger partial charge in [-0.1, -0.05) is 42.3 Å². The SMILES string of the molecule is CC[C@H](C)C1N=C(c2ccccn2)c2cc(Br)ccc2-n2c(C3COC3)cnc21. The number of halogens is 1. The van der Waals surface area contributed by atoms with Crippen LogP contribution in [0.25, 0.3) is 5.69 Å². The van der Waals surface area contributed by atoms with Crippen LogP contribution in [0, 0.1) is 5.92 Å². The van der Waals surface area contributed by atoms with Gasteiger partial charge >= 0.3 is 0 Å². The van der Waals surface area contributed by atoms with Crippen molar-refractivity contribution >= 4 is 21.6 Å². The van der Waals surface area contributed by atoms with Crippen LogP contribution in [-0.2, 0) is 4.74 Å². The van der Waals surface area contributed by atoms with Crippen LogP contribution in [0.2, 0.25) is 0 Å². The van der Waals surface area contributed by atoms with Gasteiger partial charge in [0.25, 0.3) is 0 Å². The Morgan fingerprint density at radius 3 is 2.76 bits per heavy atom. The normalized spacial score (nSPS) is 19.6. The lowest BCUT2D eigenvalue weighted by Crippen LogP contribution is -2.27. The summed E-state index contributed by atoms with van der Waals surface area (Å²) in [6, 6.07) is 12.3. The second kappa shape index (κ2) is 7.50. The number of aromatic nitrogens is 3. The Labute approximate surface area is 179 Å². The summed E-state index contributed by atoms with van der Waals surface area (Å²) in [6.07, 6.45) is 4.87. The monoisotopic (exact) mass is 450 g/mol. The molecule has 29 heavy (non-hydrogen) atoms. The van der Waals surface area contributed by atoms with E-state index >= 15 is 0 Å². The number of hydrogen-bond donors (Lipinski definition) is 0. The maximum atomic E-state index is 5.49. The van der Waals surface area contributed by atoms with Gasteiger partial charge in [-0.15, -0.1) is 0 Å². The molecule has 0 bridgehead atoms. The molecule has 2 aliphatic heterocycles. The number of imidazole rings is 1. The molecule has 2 aliphatic rings. The lowest BCUT2D eigenvalue weighted by atomic mass is 9.98.